The first-order valence-corrected chi connectivity index (χ1v) is 6.09. The van der Waals surface area contributed by atoms with Gasteiger partial charge in [-0.15, -0.1) is 0 Å². The fourth-order valence-electron chi connectivity index (χ4n) is 0.638. The highest BCUT2D eigenvalue weighted by Gasteiger charge is 2.17. The third-order valence-electron chi connectivity index (χ3n) is 1.11. The second-order valence-electron chi connectivity index (χ2n) is 2.27. The smallest absolute Gasteiger partial charge is 0.379 e. The van der Waals surface area contributed by atoms with E-state index in [2.05, 4.69) is 0 Å². The van der Waals surface area contributed by atoms with E-state index in [1.807, 2.05) is 0 Å². The van der Waals surface area contributed by atoms with Gasteiger partial charge in [-0.05, 0) is 13.8 Å². The van der Waals surface area contributed by atoms with E-state index in [1.54, 1.807) is 6.92 Å². The van der Waals surface area contributed by atoms with Crippen LogP contribution in [0.2, 0.25) is 0 Å². The van der Waals surface area contributed by atoms with E-state index in [1.165, 1.54) is 27.2 Å². The van der Waals surface area contributed by atoms with Crippen molar-refractivity contribution in [2.45, 2.75) is 13.8 Å². The number of rotatable bonds is 5. The summed E-state index contributed by atoms with van der Waals surface area (Å²) in [6, 6.07) is 0. The zero-order valence-electron chi connectivity index (χ0n) is 8.07. The number of carbonyl (C=O) groups is 1. The van der Waals surface area contributed by atoms with E-state index in [0.717, 1.165) is 0 Å². The lowest BCUT2D eigenvalue weighted by molar-refractivity contribution is -0.112. The van der Waals surface area contributed by atoms with Gasteiger partial charge in [0.1, 0.15) is 5.76 Å². The number of ketones is 1. The van der Waals surface area contributed by atoms with Crippen LogP contribution in [-0.2, 0) is 30.2 Å². The van der Waals surface area contributed by atoms with Crippen molar-refractivity contribution in [1.29, 1.82) is 0 Å². The molecule has 13 heavy (non-hydrogen) atoms. The van der Waals surface area contributed by atoms with Crippen molar-refractivity contribution in [3.05, 3.63) is 11.8 Å². The zero-order valence-corrected chi connectivity index (χ0v) is 9.78. The van der Waals surface area contributed by atoms with E-state index in [9.17, 15) is 4.79 Å². The molecular weight excluding hydrogens is 211 g/mol. The molecule has 0 aromatic rings. The van der Waals surface area contributed by atoms with Crippen LogP contribution in [0.15, 0.2) is 11.8 Å². The molecular formula is C7H13O4PS. The lowest BCUT2D eigenvalue weighted by Crippen LogP contribution is -1.94. The molecule has 0 rings (SSSR count). The largest absolute Gasteiger partial charge is 0.429 e. The van der Waals surface area contributed by atoms with Crippen LogP contribution in [0.5, 0.6) is 0 Å². The Morgan fingerprint density at radius 3 is 2.08 bits per heavy atom. The highest BCUT2D eigenvalue weighted by Crippen LogP contribution is 2.49. The highest BCUT2D eigenvalue weighted by molar-refractivity contribution is 8.07. The third kappa shape index (κ3) is 5.16. The molecule has 0 aromatic carbocycles. The maximum Gasteiger partial charge on any atom is 0.379 e. The van der Waals surface area contributed by atoms with Gasteiger partial charge >= 0.3 is 6.72 Å². The summed E-state index contributed by atoms with van der Waals surface area (Å²) in [5, 5.41) is 0. The van der Waals surface area contributed by atoms with E-state index < -0.39 is 6.72 Å². The lowest BCUT2D eigenvalue weighted by Gasteiger charge is -2.18. The Labute approximate surface area is 83.1 Å². The summed E-state index contributed by atoms with van der Waals surface area (Å²) in [5.41, 5.74) is 0. The maximum absolute atomic E-state index is 10.7. The molecule has 0 aliphatic carbocycles. The second-order valence-corrected chi connectivity index (χ2v) is 5.42. The first kappa shape index (κ1) is 12.8. The van der Waals surface area contributed by atoms with Crippen LogP contribution in [0.4, 0.5) is 0 Å². The van der Waals surface area contributed by atoms with Crippen LogP contribution in [0.25, 0.3) is 0 Å². The molecule has 0 saturated heterocycles. The van der Waals surface area contributed by atoms with Gasteiger partial charge in [-0.2, -0.15) is 0 Å². The van der Waals surface area contributed by atoms with Crippen molar-refractivity contribution >= 4 is 24.3 Å². The third-order valence-corrected chi connectivity index (χ3v) is 3.63. The molecule has 76 valence electrons. The minimum absolute atomic E-state index is 0.105. The van der Waals surface area contributed by atoms with Crippen LogP contribution >= 0.6 is 6.72 Å². The van der Waals surface area contributed by atoms with Crippen molar-refractivity contribution in [1.82, 2.24) is 0 Å². The van der Waals surface area contributed by atoms with Gasteiger partial charge in [0.15, 0.2) is 5.78 Å². The lowest BCUT2D eigenvalue weighted by atomic mass is 10.4. The molecule has 6 heteroatoms. The molecule has 0 amide bonds. The molecule has 4 nitrogen and oxygen atoms in total. The highest BCUT2D eigenvalue weighted by atomic mass is 32.5. The molecule has 0 spiro atoms. The first-order valence-electron chi connectivity index (χ1n) is 3.53. The molecule has 0 aliphatic rings. The summed E-state index contributed by atoms with van der Waals surface area (Å²) < 4.78 is 14.9. The Kier molecular flexibility index (Phi) is 5.40. The molecule has 0 radical (unpaired) electrons. The summed E-state index contributed by atoms with van der Waals surface area (Å²) in [4.78, 5) is 10.7. The first-order chi connectivity index (χ1) is 5.93. The quantitative estimate of drug-likeness (QED) is 0.406. The van der Waals surface area contributed by atoms with Crippen LogP contribution in [-0.4, -0.2) is 20.0 Å². The zero-order chi connectivity index (χ0) is 10.5. The van der Waals surface area contributed by atoms with Crippen molar-refractivity contribution in [2.24, 2.45) is 0 Å². The molecule has 0 aromatic heterocycles. The van der Waals surface area contributed by atoms with Crippen LogP contribution in [0.3, 0.4) is 0 Å². The summed E-state index contributed by atoms with van der Waals surface area (Å²) in [7, 11) is 2.82. The molecule has 0 fully saturated rings. The fraction of sp³-hybridized carbons (Fsp3) is 0.571. The van der Waals surface area contributed by atoms with Crippen molar-refractivity contribution in [2.75, 3.05) is 14.2 Å². The topological polar surface area (TPSA) is 44.8 Å². The Balaban J connectivity index is 4.42. The Morgan fingerprint density at radius 1 is 1.31 bits per heavy atom. The van der Waals surface area contributed by atoms with E-state index in [-0.39, 0.29) is 5.78 Å². The van der Waals surface area contributed by atoms with Gasteiger partial charge in [-0.1, -0.05) is 0 Å². The molecule has 0 bridgehead atoms. The Bertz CT molecular complexity index is 253. The van der Waals surface area contributed by atoms with E-state index in [0.29, 0.717) is 5.76 Å². The van der Waals surface area contributed by atoms with Crippen molar-refractivity contribution < 1.29 is 18.4 Å². The predicted molar refractivity (Wildman–Crippen MR) is 53.8 cm³/mol. The monoisotopic (exact) mass is 224 g/mol. The number of allylic oxidation sites excluding steroid dienone is 2. The molecule has 0 N–H and O–H groups in total. The SMILES string of the molecule is COP(=S)(OC)O/C(C)=C/C(C)=O. The number of carbonyl (C=O) groups excluding carboxylic acids is 1. The number of hydrogen-bond donors (Lipinski definition) is 0. The van der Waals surface area contributed by atoms with Crippen LogP contribution in [0.1, 0.15) is 13.8 Å². The average Bonchev–Trinajstić information content (AvgIpc) is 2.02. The molecule has 0 aliphatic heterocycles. The molecule has 0 unspecified atom stereocenters. The van der Waals surface area contributed by atoms with E-state index >= 15 is 0 Å². The van der Waals surface area contributed by atoms with Gasteiger partial charge in [0.05, 0.1) is 0 Å². The van der Waals surface area contributed by atoms with Gasteiger partial charge < -0.3 is 13.6 Å². The van der Waals surface area contributed by atoms with Crippen LogP contribution < -0.4 is 0 Å². The average molecular weight is 224 g/mol. The number of hydrogen-bond acceptors (Lipinski definition) is 5. The standard InChI is InChI=1S/C7H13O4PS/c1-6(8)5-7(2)11-12(13,9-3)10-4/h5H,1-4H3/b7-5+. The van der Waals surface area contributed by atoms with Gasteiger partial charge in [-0.25, -0.2) is 0 Å². The summed E-state index contributed by atoms with van der Waals surface area (Å²) in [6.07, 6.45) is 1.33. The van der Waals surface area contributed by atoms with Gasteiger partial charge in [0.2, 0.25) is 0 Å². The van der Waals surface area contributed by atoms with Crippen molar-refractivity contribution in [3.8, 4) is 0 Å². The summed E-state index contributed by atoms with van der Waals surface area (Å²) in [5.74, 6) is 0.297. The minimum Gasteiger partial charge on any atom is -0.429 e. The molecule has 0 atom stereocenters. The van der Waals surface area contributed by atoms with Gasteiger partial charge in [0.25, 0.3) is 0 Å². The second kappa shape index (κ2) is 5.50. The fourth-order valence-corrected chi connectivity index (χ4v) is 1.69. The Morgan fingerprint density at radius 2 is 1.77 bits per heavy atom. The summed E-state index contributed by atoms with van der Waals surface area (Å²) >= 11 is 4.93. The van der Waals surface area contributed by atoms with Gasteiger partial charge in [0, 0.05) is 32.1 Å². The molecule has 0 heterocycles. The Hall–Kier alpha value is -0.220. The normalized spacial score (nSPS) is 12.8. The summed E-state index contributed by atoms with van der Waals surface area (Å²) in [6.45, 7) is 0.371. The van der Waals surface area contributed by atoms with Gasteiger partial charge in [-0.3, -0.25) is 4.79 Å². The van der Waals surface area contributed by atoms with Crippen molar-refractivity contribution in [3.63, 3.8) is 0 Å². The van der Waals surface area contributed by atoms with Crippen LogP contribution in [0, 0.1) is 0 Å². The maximum atomic E-state index is 10.7. The minimum atomic E-state index is -2.68. The molecule has 0 saturated carbocycles. The van der Waals surface area contributed by atoms with E-state index in [4.69, 9.17) is 25.4 Å². The predicted octanol–water partition coefficient (Wildman–Crippen LogP) is 2.01.